The topological polar surface area (TPSA) is 82.0 Å². The summed E-state index contributed by atoms with van der Waals surface area (Å²) >= 11 is 0. The monoisotopic (exact) mass is 472 g/mol. The Bertz CT molecular complexity index is 891. The first kappa shape index (κ1) is 27.9. The second-order valence-corrected chi connectivity index (χ2v) is 8.68. The maximum atomic E-state index is 10.2. The van der Waals surface area contributed by atoms with Crippen LogP contribution in [0.4, 0.5) is 0 Å². The molecule has 0 saturated carbocycles. The maximum absolute atomic E-state index is 10.2. The number of nitriles is 1. The van der Waals surface area contributed by atoms with E-state index >= 15 is 0 Å². The molecule has 7 nitrogen and oxygen atoms in total. The molecule has 0 bridgehead atoms. The summed E-state index contributed by atoms with van der Waals surface area (Å²) < 4.78 is 27.9. The number of methoxy groups -OCH3 is 4. The Balaban J connectivity index is 2.02. The first-order chi connectivity index (χ1) is 16.4. The highest BCUT2D eigenvalue weighted by atomic mass is 16.7. The highest BCUT2D eigenvalue weighted by Crippen LogP contribution is 2.40. The summed E-state index contributed by atoms with van der Waals surface area (Å²) in [4.78, 5) is 0. The number of hydrogen-bond donors (Lipinski definition) is 1. The van der Waals surface area contributed by atoms with Crippen LogP contribution < -0.4 is 14.8 Å². The molecule has 0 heterocycles. The summed E-state index contributed by atoms with van der Waals surface area (Å²) in [6.07, 6.45) is 7.22. The summed E-state index contributed by atoms with van der Waals surface area (Å²) in [7, 11) is 6.50. The molecular formula is C27H40N2O5. The maximum Gasteiger partial charge on any atom is 0.218 e. The fraction of sp³-hybridized carbons (Fsp3) is 0.593. The molecule has 1 aromatic carbocycles. The fourth-order valence-electron chi connectivity index (χ4n) is 4.49. The largest absolute Gasteiger partial charge is 0.493 e. The smallest absolute Gasteiger partial charge is 0.218 e. The predicted molar refractivity (Wildman–Crippen MR) is 133 cm³/mol. The Morgan fingerprint density at radius 2 is 1.88 bits per heavy atom. The van der Waals surface area contributed by atoms with Gasteiger partial charge in [0, 0.05) is 27.4 Å². The summed E-state index contributed by atoms with van der Waals surface area (Å²) in [6.45, 7) is 8.12. The van der Waals surface area contributed by atoms with Crippen molar-refractivity contribution in [3.63, 3.8) is 0 Å². The quantitative estimate of drug-likeness (QED) is 0.318. The Labute approximate surface area is 204 Å². The van der Waals surface area contributed by atoms with Gasteiger partial charge in [-0.15, -0.1) is 0 Å². The molecule has 1 aromatic rings. The summed E-state index contributed by atoms with van der Waals surface area (Å²) in [5.41, 5.74) is 1.45. The van der Waals surface area contributed by atoms with Gasteiger partial charge in [0.05, 0.1) is 25.7 Å². The highest BCUT2D eigenvalue weighted by Gasteiger charge is 2.39. The molecule has 3 unspecified atom stereocenters. The Kier molecular flexibility index (Phi) is 10.6. The number of benzene rings is 1. The van der Waals surface area contributed by atoms with E-state index in [0.29, 0.717) is 24.7 Å². The summed E-state index contributed by atoms with van der Waals surface area (Å²) in [5.74, 6) is 0.549. The van der Waals surface area contributed by atoms with Crippen LogP contribution in [0, 0.1) is 17.2 Å². The Morgan fingerprint density at radius 1 is 1.15 bits per heavy atom. The van der Waals surface area contributed by atoms with Gasteiger partial charge >= 0.3 is 0 Å². The molecule has 34 heavy (non-hydrogen) atoms. The van der Waals surface area contributed by atoms with Gasteiger partial charge in [-0.3, -0.25) is 0 Å². The SMILES string of the molecule is CCOC1(OC)C=CC(CNCCCC(C#N)(c2ccc(OC)c(OC)c2)C(C)C)=CC1OC. The zero-order valence-corrected chi connectivity index (χ0v) is 21.6. The zero-order chi connectivity index (χ0) is 25.2. The van der Waals surface area contributed by atoms with Crippen LogP contribution in [0.15, 0.2) is 42.0 Å². The lowest BCUT2D eigenvalue weighted by Gasteiger charge is -2.36. The molecular weight excluding hydrogens is 432 g/mol. The van der Waals surface area contributed by atoms with E-state index in [2.05, 4.69) is 25.2 Å². The Hall–Kier alpha value is -2.37. The van der Waals surface area contributed by atoms with Crippen LogP contribution in [0.3, 0.4) is 0 Å². The zero-order valence-electron chi connectivity index (χ0n) is 21.6. The van der Waals surface area contributed by atoms with Gasteiger partial charge in [-0.25, -0.2) is 0 Å². The minimum atomic E-state index is -0.893. The van der Waals surface area contributed by atoms with Gasteiger partial charge in [0.2, 0.25) is 5.79 Å². The standard InChI is InChI=1S/C27H40N2O5/c1-8-34-27(33-7)14-12-21(16-25(27)32-6)18-29-15-9-13-26(19-28,20(2)3)22-10-11-23(30-4)24(17-22)31-5/h10-12,14,16-17,20,25,29H,8-9,13,15,18H2,1-7H3. The fourth-order valence-corrected chi connectivity index (χ4v) is 4.49. The average Bonchev–Trinajstić information content (AvgIpc) is 2.86. The second-order valence-electron chi connectivity index (χ2n) is 8.68. The van der Waals surface area contributed by atoms with Crippen LogP contribution in [0.1, 0.15) is 39.2 Å². The summed E-state index contributed by atoms with van der Waals surface area (Å²) in [6, 6.07) is 8.38. The third-order valence-corrected chi connectivity index (χ3v) is 6.57. The second kappa shape index (κ2) is 12.9. The third kappa shape index (κ3) is 6.00. The van der Waals surface area contributed by atoms with Crippen molar-refractivity contribution in [2.75, 3.05) is 48.1 Å². The molecule has 0 spiro atoms. The molecule has 188 valence electrons. The van der Waals surface area contributed by atoms with Crippen LogP contribution in [0.5, 0.6) is 11.5 Å². The average molecular weight is 473 g/mol. The number of rotatable bonds is 14. The molecule has 0 aliphatic heterocycles. The normalized spacial score (nSPS) is 21.6. The van der Waals surface area contributed by atoms with E-state index in [9.17, 15) is 5.26 Å². The molecule has 1 N–H and O–H groups in total. The number of nitrogens with zero attached hydrogens (tertiary/aromatic N) is 1. The lowest BCUT2D eigenvalue weighted by Crippen LogP contribution is -2.47. The van der Waals surface area contributed by atoms with Gasteiger partial charge in [0.25, 0.3) is 0 Å². The van der Waals surface area contributed by atoms with Crippen LogP contribution in [0.2, 0.25) is 0 Å². The first-order valence-electron chi connectivity index (χ1n) is 11.8. The van der Waals surface area contributed by atoms with E-state index in [1.807, 2.05) is 43.4 Å². The van der Waals surface area contributed by atoms with E-state index < -0.39 is 11.2 Å². The highest BCUT2D eigenvalue weighted by molar-refractivity contribution is 5.47. The van der Waals surface area contributed by atoms with Crippen LogP contribution >= 0.6 is 0 Å². The molecule has 0 fully saturated rings. The van der Waals surface area contributed by atoms with Crippen molar-refractivity contribution < 1.29 is 23.7 Å². The van der Waals surface area contributed by atoms with Gasteiger partial charge in [0.15, 0.2) is 11.5 Å². The lowest BCUT2D eigenvalue weighted by molar-refractivity contribution is -0.232. The van der Waals surface area contributed by atoms with Crippen molar-refractivity contribution in [2.45, 2.75) is 50.9 Å². The molecule has 2 rings (SSSR count). The lowest BCUT2D eigenvalue weighted by atomic mass is 9.70. The van der Waals surface area contributed by atoms with Crippen LogP contribution in [-0.2, 0) is 19.6 Å². The van der Waals surface area contributed by atoms with E-state index in [4.69, 9.17) is 23.7 Å². The van der Waals surface area contributed by atoms with E-state index in [0.717, 1.165) is 30.5 Å². The molecule has 1 aliphatic rings. The molecule has 0 radical (unpaired) electrons. The van der Waals surface area contributed by atoms with Gasteiger partial charge < -0.3 is 29.0 Å². The first-order valence-corrected chi connectivity index (χ1v) is 11.8. The van der Waals surface area contributed by atoms with E-state index in [-0.39, 0.29) is 12.0 Å². The van der Waals surface area contributed by atoms with E-state index in [1.54, 1.807) is 28.4 Å². The number of ether oxygens (including phenoxy) is 5. The van der Waals surface area contributed by atoms with Gasteiger partial charge in [-0.1, -0.05) is 26.0 Å². The van der Waals surface area contributed by atoms with Gasteiger partial charge in [-0.05, 0) is 67.6 Å². The van der Waals surface area contributed by atoms with Crippen LogP contribution in [0.25, 0.3) is 0 Å². The van der Waals surface area contributed by atoms with Crippen molar-refractivity contribution in [3.05, 3.63) is 47.6 Å². The van der Waals surface area contributed by atoms with Crippen molar-refractivity contribution in [1.29, 1.82) is 5.26 Å². The van der Waals surface area contributed by atoms with Crippen molar-refractivity contribution in [1.82, 2.24) is 5.32 Å². The van der Waals surface area contributed by atoms with Crippen molar-refractivity contribution in [3.8, 4) is 17.6 Å². The van der Waals surface area contributed by atoms with Gasteiger partial charge in [-0.2, -0.15) is 5.26 Å². The summed E-state index contributed by atoms with van der Waals surface area (Å²) in [5, 5.41) is 13.7. The van der Waals surface area contributed by atoms with Crippen molar-refractivity contribution >= 4 is 0 Å². The van der Waals surface area contributed by atoms with E-state index in [1.165, 1.54) is 0 Å². The number of nitrogens with one attached hydrogen (secondary N) is 1. The predicted octanol–water partition coefficient (Wildman–Crippen LogP) is 4.38. The minimum Gasteiger partial charge on any atom is -0.493 e. The van der Waals surface area contributed by atoms with Crippen molar-refractivity contribution in [2.24, 2.45) is 5.92 Å². The number of hydrogen-bond acceptors (Lipinski definition) is 7. The van der Waals surface area contributed by atoms with Crippen LogP contribution in [-0.4, -0.2) is 60.0 Å². The Morgan fingerprint density at radius 3 is 2.44 bits per heavy atom. The molecule has 7 heteroatoms. The minimum absolute atomic E-state index is 0.141. The molecule has 0 saturated heterocycles. The molecule has 3 atom stereocenters. The molecule has 0 aromatic heterocycles. The molecule has 1 aliphatic carbocycles. The van der Waals surface area contributed by atoms with Gasteiger partial charge in [0.1, 0.15) is 6.10 Å². The molecule has 0 amide bonds. The third-order valence-electron chi connectivity index (χ3n) is 6.57.